The Morgan fingerprint density at radius 2 is 1.86 bits per heavy atom. The van der Waals surface area contributed by atoms with Crippen LogP contribution in [0, 0.1) is 11.3 Å². The third kappa shape index (κ3) is 5.47. The molecule has 6 aliphatic heterocycles. The van der Waals surface area contributed by atoms with Gasteiger partial charge < -0.3 is 33.9 Å². The summed E-state index contributed by atoms with van der Waals surface area (Å²) < 4.78 is 25.1. The highest BCUT2D eigenvalue weighted by molar-refractivity contribution is 6.18. The fourth-order valence-electron chi connectivity index (χ4n) is 14.1. The van der Waals surface area contributed by atoms with Crippen LogP contribution in [0.25, 0.3) is 10.9 Å². The van der Waals surface area contributed by atoms with Gasteiger partial charge in [-0.15, -0.1) is 11.6 Å². The number of ether oxygens (including phenoxy) is 4. The van der Waals surface area contributed by atoms with Crippen LogP contribution in [0.1, 0.15) is 75.3 Å². The largest absolute Gasteiger partial charge is 0.496 e. The van der Waals surface area contributed by atoms with Crippen LogP contribution in [0.4, 0.5) is 10.5 Å². The maximum Gasteiger partial charge on any atom is 0.417 e. The third-order valence-electron chi connectivity index (χ3n) is 16.3. The van der Waals surface area contributed by atoms with E-state index in [9.17, 15) is 19.5 Å². The predicted octanol–water partition coefficient (Wildman–Crippen LogP) is 4.57. The van der Waals surface area contributed by atoms with E-state index >= 15 is 9.59 Å². The van der Waals surface area contributed by atoms with Gasteiger partial charge in [0, 0.05) is 90.6 Å². The van der Waals surface area contributed by atoms with Gasteiger partial charge in [-0.1, -0.05) is 44.2 Å². The van der Waals surface area contributed by atoms with Crippen molar-refractivity contribution in [3.63, 3.8) is 0 Å². The highest BCUT2D eigenvalue weighted by atomic mass is 35.5. The maximum atomic E-state index is 15.5. The molecule has 340 valence electrons. The minimum atomic E-state index is -2.20. The van der Waals surface area contributed by atoms with Crippen LogP contribution in [-0.2, 0) is 50.6 Å². The molecule has 10 rings (SSSR count). The number of alkyl halides is 1. The fourth-order valence-corrected chi connectivity index (χ4v) is 14.3. The van der Waals surface area contributed by atoms with Crippen LogP contribution < -0.4 is 9.64 Å². The smallest absolute Gasteiger partial charge is 0.417 e. The third-order valence-corrected chi connectivity index (χ3v) is 16.5. The van der Waals surface area contributed by atoms with Gasteiger partial charge in [-0.2, -0.15) is 0 Å². The second-order valence-electron chi connectivity index (χ2n) is 19.1. The van der Waals surface area contributed by atoms with E-state index in [1.165, 1.54) is 26.0 Å². The van der Waals surface area contributed by atoms with Crippen LogP contribution in [0.5, 0.6) is 5.75 Å². The average molecular weight is 898 g/mol. The number of esters is 2. The molecule has 3 amide bonds. The average Bonchev–Trinajstić information content (AvgIpc) is 4.02. The molecule has 2 aromatic carbocycles. The van der Waals surface area contributed by atoms with Gasteiger partial charge in [0.05, 0.1) is 25.5 Å². The Labute approximate surface area is 376 Å². The number of hydrogen-bond donors (Lipinski definition) is 2. The summed E-state index contributed by atoms with van der Waals surface area (Å²) in [6, 6.07) is 10.1. The molecule has 64 heavy (non-hydrogen) atoms. The van der Waals surface area contributed by atoms with E-state index in [-0.39, 0.29) is 24.8 Å². The molecule has 1 aliphatic carbocycles. The van der Waals surface area contributed by atoms with Gasteiger partial charge in [0.1, 0.15) is 17.2 Å². The number of rotatable bonds is 9. The Hall–Kier alpha value is -4.96. The minimum absolute atomic E-state index is 0.0713. The van der Waals surface area contributed by atoms with Gasteiger partial charge in [-0.05, 0) is 74.2 Å². The summed E-state index contributed by atoms with van der Waals surface area (Å²) in [4.78, 5) is 83.0. The van der Waals surface area contributed by atoms with Gasteiger partial charge in [0.25, 0.3) is 11.5 Å². The first kappa shape index (κ1) is 43.0. The van der Waals surface area contributed by atoms with E-state index in [4.69, 9.17) is 30.5 Å². The lowest BCUT2D eigenvalue weighted by Crippen LogP contribution is -2.81. The Balaban J connectivity index is 1.30. The number of aliphatic hydroxyl groups is 1. The summed E-state index contributed by atoms with van der Waals surface area (Å²) in [5.41, 5.74) is -2.85. The van der Waals surface area contributed by atoms with Gasteiger partial charge in [-0.25, -0.2) is 9.69 Å². The molecule has 7 heterocycles. The maximum absolute atomic E-state index is 15.5. The number of imide groups is 1. The Morgan fingerprint density at radius 3 is 2.56 bits per heavy atom. The van der Waals surface area contributed by atoms with Crippen molar-refractivity contribution in [1.82, 2.24) is 19.7 Å². The molecular formula is C48H56ClN5O10. The number of carbonyl (C=O) groups is 5. The van der Waals surface area contributed by atoms with Crippen LogP contribution >= 0.6 is 11.6 Å². The Kier molecular flexibility index (Phi) is 10.1. The van der Waals surface area contributed by atoms with Crippen LogP contribution in [0.15, 0.2) is 48.6 Å². The highest BCUT2D eigenvalue weighted by Crippen LogP contribution is 2.69. The van der Waals surface area contributed by atoms with Crippen molar-refractivity contribution >= 4 is 58.5 Å². The fraction of sp³-hybridized carbons (Fsp3) is 0.562. The minimum Gasteiger partial charge on any atom is -0.496 e. The summed E-state index contributed by atoms with van der Waals surface area (Å²) in [6.45, 7) is 7.99. The topological polar surface area (TPSA) is 171 Å². The molecule has 0 radical (unpaired) electrons. The molecule has 3 aromatic rings. The van der Waals surface area contributed by atoms with Crippen LogP contribution in [0.3, 0.4) is 0 Å². The quantitative estimate of drug-likeness (QED) is 0.101. The number of nitrogens with zero attached hydrogens (tertiary/aromatic N) is 4. The highest BCUT2D eigenvalue weighted by Gasteiger charge is 2.84. The van der Waals surface area contributed by atoms with Crippen molar-refractivity contribution < 1.29 is 48.0 Å². The first-order chi connectivity index (χ1) is 30.8. The normalized spacial score (nSPS) is 36.1. The van der Waals surface area contributed by atoms with Crippen LogP contribution in [0.2, 0.25) is 0 Å². The second-order valence-corrected chi connectivity index (χ2v) is 19.5. The number of fused-ring (bicyclic) bond motifs is 7. The molecule has 2 spiro atoms. The number of halogens is 1. The number of anilines is 1. The first-order valence-electron chi connectivity index (χ1n) is 22.6. The number of carbonyl (C=O) groups excluding carboxylic acids is 5. The van der Waals surface area contributed by atoms with Gasteiger partial charge in [0.15, 0.2) is 6.10 Å². The van der Waals surface area contributed by atoms with Crippen molar-refractivity contribution in [1.29, 1.82) is 0 Å². The number of aromatic nitrogens is 1. The number of H-pyrrole nitrogens is 1. The predicted molar refractivity (Wildman–Crippen MR) is 235 cm³/mol. The molecule has 1 aromatic heterocycles. The van der Waals surface area contributed by atoms with Crippen molar-refractivity contribution in [2.24, 2.45) is 11.3 Å². The van der Waals surface area contributed by atoms with Crippen molar-refractivity contribution in [3.05, 3.63) is 70.9 Å². The summed E-state index contributed by atoms with van der Waals surface area (Å²) in [6.07, 6.45) is 5.04. The summed E-state index contributed by atoms with van der Waals surface area (Å²) >= 11 is 6.21. The zero-order valence-electron chi connectivity index (χ0n) is 37.0. The van der Waals surface area contributed by atoms with E-state index in [1.54, 1.807) is 6.07 Å². The molecule has 16 heteroatoms. The number of amides is 3. The van der Waals surface area contributed by atoms with Gasteiger partial charge in [0.2, 0.25) is 6.41 Å². The molecule has 15 nitrogen and oxygen atoms in total. The van der Waals surface area contributed by atoms with Crippen molar-refractivity contribution in [2.45, 2.75) is 99.5 Å². The monoisotopic (exact) mass is 897 g/mol. The zero-order valence-corrected chi connectivity index (χ0v) is 37.7. The van der Waals surface area contributed by atoms with E-state index in [2.05, 4.69) is 20.9 Å². The summed E-state index contributed by atoms with van der Waals surface area (Å²) in [5.74, 6) is -1.86. The SMILES string of the molecule is CC[C@]1(O)C[C@H]2CN(CCc3c([nH]c4ccccc34)[C@@](C(=O)OC)(c3cc4c(cc3OC)N(C=O)[C@H]3[C@]5(OC(=O)N(CCCl)C5=O)[C@H](OC(C)=O)[C@]5(CC)C=CCN6CC[C@]43[C@@H]65)C2)C1. The number of nitrogens with one attached hydrogen (secondary N) is 1. The van der Waals surface area contributed by atoms with Crippen molar-refractivity contribution in [3.8, 4) is 5.75 Å². The number of methoxy groups -OCH3 is 2. The second kappa shape index (κ2) is 15.0. The molecular weight excluding hydrogens is 842 g/mol. The molecule has 1 saturated carbocycles. The number of hydrogen-bond acceptors (Lipinski definition) is 12. The number of para-hydroxylation sites is 1. The summed E-state index contributed by atoms with van der Waals surface area (Å²) in [7, 11) is 2.92. The van der Waals surface area contributed by atoms with E-state index < -0.39 is 69.6 Å². The van der Waals surface area contributed by atoms with Crippen molar-refractivity contribution in [2.75, 3.05) is 64.3 Å². The van der Waals surface area contributed by atoms with Crippen LogP contribution in [-0.4, -0.2) is 144 Å². The van der Waals surface area contributed by atoms with Gasteiger partial charge >= 0.3 is 18.0 Å². The van der Waals surface area contributed by atoms with E-state index in [1.807, 2.05) is 50.3 Å². The molecule has 2 N–H and O–H groups in total. The molecule has 3 saturated heterocycles. The lowest BCUT2D eigenvalue weighted by atomic mass is 9.47. The molecule has 10 atom stereocenters. The first-order valence-corrected chi connectivity index (χ1v) is 23.1. The number of piperidine rings is 1. The van der Waals surface area contributed by atoms with Gasteiger partial charge in [-0.3, -0.25) is 29.0 Å². The molecule has 2 bridgehead atoms. The lowest BCUT2D eigenvalue weighted by Gasteiger charge is -2.63. The number of benzene rings is 2. The molecule has 4 fully saturated rings. The Morgan fingerprint density at radius 1 is 1.06 bits per heavy atom. The van der Waals surface area contributed by atoms with E-state index in [0.717, 1.165) is 21.4 Å². The summed E-state index contributed by atoms with van der Waals surface area (Å²) in [5, 5.41) is 13.0. The standard InChI is InChI=1S/C48H56ClN5O10/c1-6-44(60)23-29-24-47(42(58)62-5,37-31(13-18-51(25-29)26-44)30-11-8-9-12-34(30)50-37)33-21-32-35(22-36(33)61-4)54(27-55)39-46(32)15-19-52-17-10-14-45(7-2,38(46)52)40(63-28(3)56)48(39)41(57)53(20-16-49)43(59)64-48/h8-12,14,21-22,27,29,38-40,50,60H,6-7,13,15-20,23-26H2,1-5H3/t29-,38+,39-,40-,44+,45-,46-,47+,48+/m1/s1. The lowest BCUT2D eigenvalue weighted by molar-refractivity contribution is -0.209. The number of aromatic amines is 1. The Bertz CT molecular complexity index is 2510. The molecule has 7 aliphatic rings. The van der Waals surface area contributed by atoms with E-state index in [0.29, 0.717) is 99.5 Å². The molecule has 1 unspecified atom stereocenters. The zero-order chi connectivity index (χ0) is 45.1.